The predicted molar refractivity (Wildman–Crippen MR) is 160 cm³/mol. The van der Waals surface area contributed by atoms with E-state index in [0.717, 1.165) is 11.6 Å². The molecule has 0 aliphatic carbocycles. The van der Waals surface area contributed by atoms with Gasteiger partial charge in [0.05, 0.1) is 44.3 Å². The number of benzene rings is 2. The molecule has 0 aromatic heterocycles. The number of Topliss-reactive ketones (excluding diaryl/α,β-unsaturated/α-hetero) is 2. The van der Waals surface area contributed by atoms with Crippen LogP contribution in [-0.2, 0) is 19.1 Å². The van der Waals surface area contributed by atoms with Crippen LogP contribution in [0.3, 0.4) is 0 Å². The van der Waals surface area contributed by atoms with Gasteiger partial charge in [-0.2, -0.15) is 0 Å². The van der Waals surface area contributed by atoms with Crippen LogP contribution in [-0.4, -0.2) is 57.2 Å². The lowest BCUT2D eigenvalue weighted by molar-refractivity contribution is -0.143. The highest BCUT2D eigenvalue weighted by Crippen LogP contribution is 2.24. The number of rotatable bonds is 11. The largest absolute Gasteiger partial charge is 0.508 e. The van der Waals surface area contributed by atoms with Crippen molar-refractivity contribution in [2.24, 2.45) is 0 Å². The van der Waals surface area contributed by atoms with Gasteiger partial charge in [-0.05, 0) is 50.6 Å². The lowest BCUT2D eigenvalue weighted by atomic mass is 10.0. The average molecular weight is 739 g/mol. The number of phenolic OH excluding ortho intramolecular Hbond substituents is 2. The highest BCUT2D eigenvalue weighted by molar-refractivity contribution is 9.69. The molecular formula is C26H32BBr3O9. The molecule has 0 spiro atoms. The molecule has 2 rings (SSSR count). The van der Waals surface area contributed by atoms with Gasteiger partial charge in [0.1, 0.15) is 17.2 Å². The van der Waals surface area contributed by atoms with Crippen LogP contribution >= 0.6 is 47.3 Å². The first kappa shape index (κ1) is 36.6. The quantitative estimate of drug-likeness (QED) is 0.155. The Morgan fingerprint density at radius 2 is 1.23 bits per heavy atom. The SMILES string of the molecule is BrB(Br)Br.CCOC(=O)CCC(=O)c1ccc(C)cc1OC.CCOC(=O)CCC(=O)c1ccc(O)cc1O. The summed E-state index contributed by atoms with van der Waals surface area (Å²) in [4.78, 5) is 45.8. The average Bonchev–Trinajstić information content (AvgIpc) is 2.86. The molecule has 2 N–H and O–H groups in total. The Balaban J connectivity index is 0.000000652. The number of methoxy groups -OCH3 is 1. The van der Waals surface area contributed by atoms with E-state index in [1.165, 1.54) is 19.2 Å². The molecule has 0 unspecified atom stereocenters. The first-order valence-corrected chi connectivity index (χ1v) is 14.6. The van der Waals surface area contributed by atoms with E-state index in [0.29, 0.717) is 17.9 Å². The van der Waals surface area contributed by atoms with Gasteiger partial charge in [0.15, 0.2) is 11.6 Å². The Kier molecular flexibility index (Phi) is 19.3. The number of hydrogen-bond donors (Lipinski definition) is 2. The fourth-order valence-electron chi connectivity index (χ4n) is 2.95. The first-order chi connectivity index (χ1) is 18.4. The van der Waals surface area contributed by atoms with Gasteiger partial charge >= 0.3 is 15.1 Å². The minimum Gasteiger partial charge on any atom is -0.508 e. The van der Waals surface area contributed by atoms with Crippen molar-refractivity contribution in [2.45, 2.75) is 46.5 Å². The molecule has 0 heterocycles. The summed E-state index contributed by atoms with van der Waals surface area (Å²) in [5, 5.41) is 18.5. The number of aromatic hydroxyl groups is 2. The van der Waals surface area contributed by atoms with E-state index in [1.807, 2.05) is 13.0 Å². The Labute approximate surface area is 253 Å². The van der Waals surface area contributed by atoms with Crippen LogP contribution < -0.4 is 4.74 Å². The molecule has 0 aliphatic rings. The second-order valence-corrected chi connectivity index (χ2v) is 14.0. The number of esters is 2. The molecule has 0 atom stereocenters. The van der Waals surface area contributed by atoms with Gasteiger partial charge in [-0.3, -0.25) is 19.2 Å². The number of carbonyl (C=O) groups is 4. The second kappa shape index (κ2) is 20.5. The van der Waals surface area contributed by atoms with E-state index in [1.54, 1.807) is 26.0 Å². The van der Waals surface area contributed by atoms with Gasteiger partial charge < -0.3 is 24.4 Å². The van der Waals surface area contributed by atoms with Crippen LogP contribution in [0.2, 0.25) is 0 Å². The summed E-state index contributed by atoms with van der Waals surface area (Å²) < 4.78 is 14.9. The number of aryl methyl sites for hydroxylation is 1. The third-order valence-electron chi connectivity index (χ3n) is 4.66. The summed E-state index contributed by atoms with van der Waals surface area (Å²) >= 11 is 9.31. The zero-order valence-electron chi connectivity index (χ0n) is 22.2. The molecule has 13 heteroatoms. The van der Waals surface area contributed by atoms with Crippen LogP contribution in [0.25, 0.3) is 0 Å². The van der Waals surface area contributed by atoms with E-state index in [9.17, 15) is 24.3 Å². The zero-order valence-corrected chi connectivity index (χ0v) is 26.9. The van der Waals surface area contributed by atoms with Crippen LogP contribution in [0.1, 0.15) is 65.8 Å². The lowest BCUT2D eigenvalue weighted by Gasteiger charge is -2.08. The lowest BCUT2D eigenvalue weighted by Crippen LogP contribution is -2.09. The summed E-state index contributed by atoms with van der Waals surface area (Å²) in [7, 11) is 1.52. The number of halogens is 3. The minimum atomic E-state index is -0.445. The molecule has 0 radical (unpaired) electrons. The fourth-order valence-corrected chi connectivity index (χ4v) is 2.95. The molecule has 2 aromatic carbocycles. The maximum atomic E-state index is 12.0. The molecule has 0 fully saturated rings. The van der Waals surface area contributed by atoms with Gasteiger partial charge in [-0.25, -0.2) is 0 Å². The van der Waals surface area contributed by atoms with Gasteiger partial charge in [0, 0.05) is 18.9 Å². The van der Waals surface area contributed by atoms with E-state index < -0.39 is 5.97 Å². The minimum absolute atomic E-state index is 0.0208. The molecule has 39 heavy (non-hydrogen) atoms. The Bertz CT molecular complexity index is 1090. The Hall–Kier alpha value is -2.38. The van der Waals surface area contributed by atoms with Crippen molar-refractivity contribution in [2.75, 3.05) is 20.3 Å². The fraction of sp³-hybridized carbons (Fsp3) is 0.385. The van der Waals surface area contributed by atoms with Crippen molar-refractivity contribution >= 4 is 74.0 Å². The summed E-state index contributed by atoms with van der Waals surface area (Å²) in [5.41, 5.74) is 1.62. The molecular weight excluding hydrogens is 707 g/mol. The van der Waals surface area contributed by atoms with Crippen LogP contribution in [0, 0.1) is 6.92 Å². The molecule has 0 saturated heterocycles. The number of carbonyl (C=O) groups excluding carboxylic acids is 4. The maximum Gasteiger partial charge on any atom is 0.369 e. The predicted octanol–water partition coefficient (Wildman–Crippen LogP) is 6.31. The van der Waals surface area contributed by atoms with Gasteiger partial charge in [0.25, 0.3) is 0 Å². The van der Waals surface area contributed by atoms with Crippen molar-refractivity contribution in [1.82, 2.24) is 0 Å². The number of ketones is 2. The highest BCUT2D eigenvalue weighted by Gasteiger charge is 2.15. The third kappa shape index (κ3) is 16.4. The molecule has 9 nitrogen and oxygen atoms in total. The summed E-state index contributed by atoms with van der Waals surface area (Å²) in [6.07, 6.45) is 0.187. The van der Waals surface area contributed by atoms with E-state index in [2.05, 4.69) is 52.0 Å². The van der Waals surface area contributed by atoms with Crippen molar-refractivity contribution in [3.8, 4) is 17.2 Å². The smallest absolute Gasteiger partial charge is 0.369 e. The van der Waals surface area contributed by atoms with Crippen LogP contribution in [0.15, 0.2) is 36.4 Å². The van der Waals surface area contributed by atoms with Crippen LogP contribution in [0.4, 0.5) is 0 Å². The van der Waals surface area contributed by atoms with E-state index in [4.69, 9.17) is 14.6 Å². The monoisotopic (exact) mass is 736 g/mol. The number of ether oxygens (including phenoxy) is 3. The summed E-state index contributed by atoms with van der Waals surface area (Å²) in [6.45, 7) is 5.96. The van der Waals surface area contributed by atoms with Gasteiger partial charge in [0.2, 0.25) is 0 Å². The standard InChI is InChI=1S/C14H18O4.C12H14O5.BBr3/c1-4-18-14(16)8-7-12(15)11-6-5-10(2)9-13(11)17-3;1-2-17-12(16)6-5-10(14)9-4-3-8(13)7-11(9)15;2-1(3)4/h5-6,9H,4,7-8H2,1-3H3;3-4,7,13,15H,2,5-6H2,1H3;. The normalized spacial score (nSPS) is 9.62. The topological polar surface area (TPSA) is 136 Å². The molecule has 0 aliphatic heterocycles. The van der Waals surface area contributed by atoms with Gasteiger partial charge in [-0.1, -0.05) is 6.07 Å². The van der Waals surface area contributed by atoms with Crippen molar-refractivity contribution in [1.29, 1.82) is 0 Å². The van der Waals surface area contributed by atoms with Crippen molar-refractivity contribution in [3.63, 3.8) is 0 Å². The van der Waals surface area contributed by atoms with E-state index in [-0.39, 0.29) is 70.1 Å². The highest BCUT2D eigenvalue weighted by atomic mass is 79.9. The summed E-state index contributed by atoms with van der Waals surface area (Å²) in [6, 6.07) is 9.08. The molecule has 0 amide bonds. The Morgan fingerprint density at radius 1 is 0.769 bits per heavy atom. The second-order valence-electron chi connectivity index (χ2n) is 7.61. The molecule has 214 valence electrons. The maximum absolute atomic E-state index is 12.0. The Morgan fingerprint density at radius 3 is 1.67 bits per heavy atom. The zero-order chi connectivity index (χ0) is 30.0. The summed E-state index contributed by atoms with van der Waals surface area (Å²) in [5.74, 6) is -1.14. The molecule has 2 aromatic rings. The third-order valence-corrected chi connectivity index (χ3v) is 4.66. The van der Waals surface area contributed by atoms with E-state index >= 15 is 0 Å². The van der Waals surface area contributed by atoms with Crippen molar-refractivity contribution < 1.29 is 43.6 Å². The van der Waals surface area contributed by atoms with Gasteiger partial charge in [-0.15, -0.1) is 47.3 Å². The molecule has 0 bridgehead atoms. The number of phenols is 2. The first-order valence-electron chi connectivity index (χ1n) is 11.8. The molecule has 0 saturated carbocycles. The number of hydrogen-bond acceptors (Lipinski definition) is 9. The van der Waals surface area contributed by atoms with Crippen LogP contribution in [0.5, 0.6) is 17.2 Å². The van der Waals surface area contributed by atoms with Crippen molar-refractivity contribution in [3.05, 3.63) is 53.1 Å².